The highest BCUT2D eigenvalue weighted by atomic mass is 16.5. The Morgan fingerprint density at radius 1 is 1.15 bits per heavy atom. The van der Waals surface area contributed by atoms with Crippen molar-refractivity contribution in [3.05, 3.63) is 59.9 Å². The van der Waals surface area contributed by atoms with Crippen LogP contribution < -0.4 is 10.1 Å². The van der Waals surface area contributed by atoms with Crippen LogP contribution in [0.4, 0.5) is 0 Å². The highest BCUT2D eigenvalue weighted by Crippen LogP contribution is 2.18. The number of carbonyl (C=O) groups is 1. The molecule has 0 radical (unpaired) electrons. The minimum atomic E-state index is 0.0926. The van der Waals surface area contributed by atoms with E-state index in [2.05, 4.69) is 35.0 Å². The van der Waals surface area contributed by atoms with Crippen molar-refractivity contribution in [2.24, 2.45) is 0 Å². The van der Waals surface area contributed by atoms with Crippen LogP contribution in [0.5, 0.6) is 5.75 Å². The first-order chi connectivity index (χ1) is 13.2. The molecule has 5 nitrogen and oxygen atoms in total. The number of amides is 1. The van der Waals surface area contributed by atoms with Crippen molar-refractivity contribution in [1.82, 2.24) is 14.9 Å². The van der Waals surface area contributed by atoms with Gasteiger partial charge in [0.2, 0.25) is 5.91 Å². The molecule has 0 saturated carbocycles. The van der Waals surface area contributed by atoms with E-state index >= 15 is 0 Å². The van der Waals surface area contributed by atoms with E-state index in [4.69, 9.17) is 9.72 Å². The predicted octanol–water partition coefficient (Wildman–Crippen LogP) is 3.88. The van der Waals surface area contributed by atoms with Gasteiger partial charge in [0.1, 0.15) is 18.2 Å². The van der Waals surface area contributed by atoms with E-state index < -0.39 is 0 Å². The molecule has 0 bridgehead atoms. The van der Waals surface area contributed by atoms with Gasteiger partial charge in [-0.15, -0.1) is 0 Å². The lowest BCUT2D eigenvalue weighted by Gasteiger charge is -2.11. The summed E-state index contributed by atoms with van der Waals surface area (Å²) in [6.45, 7) is 5.93. The monoisotopic (exact) mass is 365 g/mol. The maximum atomic E-state index is 11.4. The lowest BCUT2D eigenvalue weighted by molar-refractivity contribution is -0.120. The summed E-state index contributed by atoms with van der Waals surface area (Å²) in [4.78, 5) is 16.2. The summed E-state index contributed by atoms with van der Waals surface area (Å²) in [7, 11) is 0. The fraction of sp³-hybridized carbons (Fsp3) is 0.364. The van der Waals surface area contributed by atoms with E-state index in [9.17, 15) is 4.79 Å². The van der Waals surface area contributed by atoms with Gasteiger partial charge in [-0.2, -0.15) is 0 Å². The molecule has 0 aliphatic rings. The molecule has 0 atom stereocenters. The standard InChI is InChI=1S/C22H27N3O2/c1-3-22(26)23-14-6-9-21-24-19-7-4-5-8-20(19)25(21)15-16-27-18-12-10-17(2)11-13-18/h4-5,7-8,10-13H,3,6,9,14-16H2,1-2H3,(H,23,26). The second-order valence-corrected chi connectivity index (χ2v) is 6.64. The second kappa shape index (κ2) is 9.21. The highest BCUT2D eigenvalue weighted by Gasteiger charge is 2.10. The number of rotatable bonds is 9. The summed E-state index contributed by atoms with van der Waals surface area (Å²) in [6, 6.07) is 16.3. The van der Waals surface area contributed by atoms with Crippen molar-refractivity contribution in [2.75, 3.05) is 13.2 Å². The van der Waals surface area contributed by atoms with Crippen molar-refractivity contribution < 1.29 is 9.53 Å². The number of fused-ring (bicyclic) bond motifs is 1. The summed E-state index contributed by atoms with van der Waals surface area (Å²) in [6.07, 6.45) is 2.21. The Morgan fingerprint density at radius 3 is 2.70 bits per heavy atom. The van der Waals surface area contributed by atoms with Gasteiger partial charge in [-0.3, -0.25) is 4.79 Å². The molecule has 0 aliphatic carbocycles. The van der Waals surface area contributed by atoms with Crippen LogP contribution in [0.25, 0.3) is 11.0 Å². The normalized spacial score (nSPS) is 10.9. The molecule has 2 aromatic carbocycles. The summed E-state index contributed by atoms with van der Waals surface area (Å²) < 4.78 is 8.13. The summed E-state index contributed by atoms with van der Waals surface area (Å²) in [5.41, 5.74) is 3.35. The summed E-state index contributed by atoms with van der Waals surface area (Å²) in [5.74, 6) is 2.01. The van der Waals surface area contributed by atoms with Crippen LogP contribution in [-0.4, -0.2) is 28.6 Å². The fourth-order valence-electron chi connectivity index (χ4n) is 3.05. The predicted molar refractivity (Wildman–Crippen MR) is 108 cm³/mol. The number of aryl methyl sites for hydroxylation is 2. The Hall–Kier alpha value is -2.82. The fourth-order valence-corrected chi connectivity index (χ4v) is 3.05. The molecule has 0 aliphatic heterocycles. The van der Waals surface area contributed by atoms with Crippen LogP contribution >= 0.6 is 0 Å². The summed E-state index contributed by atoms with van der Waals surface area (Å²) in [5, 5.41) is 2.92. The average Bonchev–Trinajstić information content (AvgIpc) is 3.04. The first-order valence-electron chi connectivity index (χ1n) is 9.57. The SMILES string of the molecule is CCC(=O)NCCCc1nc2ccccc2n1CCOc1ccc(C)cc1. The van der Waals surface area contributed by atoms with Gasteiger partial charge in [0.05, 0.1) is 17.6 Å². The van der Waals surface area contributed by atoms with Gasteiger partial charge >= 0.3 is 0 Å². The molecule has 3 rings (SSSR count). The first kappa shape index (κ1) is 19.0. The van der Waals surface area contributed by atoms with E-state index in [0.29, 0.717) is 19.6 Å². The minimum Gasteiger partial charge on any atom is -0.492 e. The maximum absolute atomic E-state index is 11.4. The zero-order chi connectivity index (χ0) is 19.1. The highest BCUT2D eigenvalue weighted by molar-refractivity contribution is 5.76. The molecule has 0 unspecified atom stereocenters. The van der Waals surface area contributed by atoms with Gasteiger partial charge < -0.3 is 14.6 Å². The molecule has 5 heteroatoms. The van der Waals surface area contributed by atoms with E-state index in [0.717, 1.165) is 42.0 Å². The van der Waals surface area contributed by atoms with E-state index in [1.807, 2.05) is 37.3 Å². The van der Waals surface area contributed by atoms with E-state index in [-0.39, 0.29) is 5.91 Å². The van der Waals surface area contributed by atoms with Crippen LogP contribution in [0.1, 0.15) is 31.2 Å². The van der Waals surface area contributed by atoms with Gasteiger partial charge in [-0.05, 0) is 37.6 Å². The van der Waals surface area contributed by atoms with Crippen LogP contribution in [0.15, 0.2) is 48.5 Å². The molecule has 27 heavy (non-hydrogen) atoms. The van der Waals surface area contributed by atoms with Gasteiger partial charge in [0, 0.05) is 19.4 Å². The Kier molecular flexibility index (Phi) is 6.47. The number of nitrogens with one attached hydrogen (secondary N) is 1. The molecule has 0 spiro atoms. The number of benzene rings is 2. The third kappa shape index (κ3) is 5.09. The van der Waals surface area contributed by atoms with Crippen molar-refractivity contribution in [3.8, 4) is 5.75 Å². The molecule has 1 aromatic heterocycles. The molecule has 0 saturated heterocycles. The molecule has 0 fully saturated rings. The molecular formula is C22H27N3O2. The number of aromatic nitrogens is 2. The van der Waals surface area contributed by atoms with Crippen LogP contribution in [0.3, 0.4) is 0 Å². The number of hydrogen-bond donors (Lipinski definition) is 1. The van der Waals surface area contributed by atoms with Gasteiger partial charge in [0.15, 0.2) is 0 Å². The Bertz CT molecular complexity index is 884. The van der Waals surface area contributed by atoms with Crippen molar-refractivity contribution in [1.29, 1.82) is 0 Å². The third-order valence-electron chi connectivity index (χ3n) is 4.56. The van der Waals surface area contributed by atoms with Gasteiger partial charge in [0.25, 0.3) is 0 Å². The zero-order valence-corrected chi connectivity index (χ0v) is 16.1. The largest absolute Gasteiger partial charge is 0.492 e. The number of hydrogen-bond acceptors (Lipinski definition) is 3. The topological polar surface area (TPSA) is 56.2 Å². The Balaban J connectivity index is 1.64. The summed E-state index contributed by atoms with van der Waals surface area (Å²) >= 11 is 0. The van der Waals surface area contributed by atoms with E-state index in [1.54, 1.807) is 0 Å². The number of carbonyl (C=O) groups excluding carboxylic acids is 1. The molecule has 142 valence electrons. The van der Waals surface area contributed by atoms with Crippen LogP contribution in [0, 0.1) is 6.92 Å². The van der Waals surface area contributed by atoms with Crippen molar-refractivity contribution >= 4 is 16.9 Å². The van der Waals surface area contributed by atoms with Crippen LogP contribution in [0.2, 0.25) is 0 Å². The molecule has 1 heterocycles. The number of imidazole rings is 1. The van der Waals surface area contributed by atoms with Gasteiger partial charge in [-0.1, -0.05) is 36.8 Å². The second-order valence-electron chi connectivity index (χ2n) is 6.64. The molecule has 3 aromatic rings. The van der Waals surface area contributed by atoms with Gasteiger partial charge in [-0.25, -0.2) is 4.98 Å². The first-order valence-corrected chi connectivity index (χ1v) is 9.57. The molecule has 1 amide bonds. The van der Waals surface area contributed by atoms with Crippen molar-refractivity contribution in [3.63, 3.8) is 0 Å². The lowest BCUT2D eigenvalue weighted by atomic mass is 10.2. The maximum Gasteiger partial charge on any atom is 0.219 e. The van der Waals surface area contributed by atoms with Crippen LogP contribution in [-0.2, 0) is 17.8 Å². The minimum absolute atomic E-state index is 0.0926. The Labute approximate surface area is 160 Å². The smallest absolute Gasteiger partial charge is 0.219 e. The Morgan fingerprint density at radius 2 is 1.93 bits per heavy atom. The number of para-hydroxylation sites is 2. The lowest BCUT2D eigenvalue weighted by Crippen LogP contribution is -2.23. The van der Waals surface area contributed by atoms with E-state index in [1.165, 1.54) is 5.56 Å². The molecular weight excluding hydrogens is 338 g/mol. The number of ether oxygens (including phenoxy) is 1. The zero-order valence-electron chi connectivity index (χ0n) is 16.1. The average molecular weight is 365 g/mol. The third-order valence-corrected chi connectivity index (χ3v) is 4.56. The number of nitrogens with zero attached hydrogens (tertiary/aromatic N) is 2. The van der Waals surface area contributed by atoms with Crippen molar-refractivity contribution in [2.45, 2.75) is 39.7 Å². The quantitative estimate of drug-likeness (QED) is 0.586. The molecule has 1 N–H and O–H groups in total.